The van der Waals surface area contributed by atoms with Crippen LogP contribution in [0.25, 0.3) is 22.6 Å². The summed E-state index contributed by atoms with van der Waals surface area (Å²) in [5, 5.41) is 8.40. The van der Waals surface area contributed by atoms with Crippen LogP contribution in [0.15, 0.2) is 65.3 Å². The number of aryl methyl sites for hydroxylation is 2. The fraction of sp³-hybridized carbons (Fsp3) is 0.217. The molecule has 0 N–H and O–H groups in total. The molecule has 4 aromatic rings. The molecule has 2 aromatic carbocycles. The van der Waals surface area contributed by atoms with Gasteiger partial charge in [0, 0.05) is 43.0 Å². The number of aromatic nitrogens is 4. The first-order chi connectivity index (χ1) is 14.6. The highest BCUT2D eigenvalue weighted by molar-refractivity contribution is 5.96. The SMILES string of the molecule is Cc1ccc(N2C[C@@H](c3nc(-c4cccc(-c5ccnn5C)c4)no3)CC2=O)cc1. The molecule has 30 heavy (non-hydrogen) atoms. The van der Waals surface area contributed by atoms with Gasteiger partial charge in [-0.05, 0) is 31.2 Å². The first-order valence-corrected chi connectivity index (χ1v) is 9.88. The Morgan fingerprint density at radius 1 is 1.07 bits per heavy atom. The summed E-state index contributed by atoms with van der Waals surface area (Å²) in [6.45, 7) is 2.57. The van der Waals surface area contributed by atoms with Crippen LogP contribution >= 0.6 is 0 Å². The Balaban J connectivity index is 1.38. The normalized spacial score (nSPS) is 16.4. The molecule has 1 saturated heterocycles. The molecule has 1 aliphatic heterocycles. The third-order valence-corrected chi connectivity index (χ3v) is 5.50. The quantitative estimate of drug-likeness (QED) is 0.519. The van der Waals surface area contributed by atoms with Gasteiger partial charge in [-0.1, -0.05) is 41.1 Å². The van der Waals surface area contributed by atoms with Crippen molar-refractivity contribution in [3.8, 4) is 22.6 Å². The van der Waals surface area contributed by atoms with Crippen molar-refractivity contribution >= 4 is 11.6 Å². The molecular weight excluding hydrogens is 378 g/mol. The van der Waals surface area contributed by atoms with Crippen molar-refractivity contribution in [1.82, 2.24) is 19.9 Å². The molecule has 1 atom stereocenters. The molecule has 0 radical (unpaired) electrons. The molecular formula is C23H21N5O2. The van der Waals surface area contributed by atoms with E-state index in [9.17, 15) is 4.79 Å². The van der Waals surface area contributed by atoms with Crippen molar-refractivity contribution in [1.29, 1.82) is 0 Å². The van der Waals surface area contributed by atoms with Gasteiger partial charge in [-0.3, -0.25) is 9.48 Å². The van der Waals surface area contributed by atoms with E-state index in [1.54, 1.807) is 11.1 Å². The molecule has 3 heterocycles. The minimum absolute atomic E-state index is 0.0711. The number of carbonyl (C=O) groups excluding carboxylic acids is 1. The van der Waals surface area contributed by atoms with Crippen LogP contribution in [0, 0.1) is 6.92 Å². The largest absolute Gasteiger partial charge is 0.339 e. The van der Waals surface area contributed by atoms with Gasteiger partial charge >= 0.3 is 0 Å². The highest BCUT2D eigenvalue weighted by atomic mass is 16.5. The summed E-state index contributed by atoms with van der Waals surface area (Å²) < 4.78 is 7.38. The van der Waals surface area contributed by atoms with E-state index < -0.39 is 0 Å². The molecule has 150 valence electrons. The van der Waals surface area contributed by atoms with Gasteiger partial charge in [0.05, 0.1) is 11.6 Å². The number of amides is 1. The second-order valence-electron chi connectivity index (χ2n) is 7.62. The number of nitrogens with zero attached hydrogens (tertiary/aromatic N) is 5. The van der Waals surface area contributed by atoms with Crippen LogP contribution in [-0.2, 0) is 11.8 Å². The zero-order chi connectivity index (χ0) is 20.7. The van der Waals surface area contributed by atoms with Crippen LogP contribution < -0.4 is 4.90 Å². The Morgan fingerprint density at radius 2 is 1.87 bits per heavy atom. The molecule has 0 spiro atoms. The number of hydrogen-bond donors (Lipinski definition) is 0. The van der Waals surface area contributed by atoms with Crippen molar-refractivity contribution in [3.05, 3.63) is 72.2 Å². The Labute approximate surface area is 174 Å². The third kappa shape index (κ3) is 3.28. The van der Waals surface area contributed by atoms with Crippen molar-refractivity contribution < 1.29 is 9.32 Å². The van der Waals surface area contributed by atoms with E-state index in [2.05, 4.69) is 15.2 Å². The summed E-state index contributed by atoms with van der Waals surface area (Å²) in [4.78, 5) is 18.9. The number of anilines is 1. The standard InChI is InChI=1S/C23H21N5O2/c1-15-6-8-19(9-7-15)28-14-18(13-21(28)29)23-25-22(26-30-23)17-5-3-4-16(12-17)20-10-11-24-27(20)2/h3-12,18H,13-14H2,1-2H3/t18-/m0/s1. The van der Waals surface area contributed by atoms with Crippen LogP contribution in [0.1, 0.15) is 23.8 Å². The lowest BCUT2D eigenvalue weighted by Crippen LogP contribution is -2.24. The number of hydrogen-bond acceptors (Lipinski definition) is 5. The van der Waals surface area contributed by atoms with Gasteiger partial charge in [-0.15, -0.1) is 0 Å². The highest BCUT2D eigenvalue weighted by Crippen LogP contribution is 2.32. The Hall–Kier alpha value is -3.74. The fourth-order valence-corrected chi connectivity index (χ4v) is 3.84. The van der Waals surface area contributed by atoms with E-state index in [4.69, 9.17) is 4.52 Å². The van der Waals surface area contributed by atoms with Gasteiger partial charge in [0.2, 0.25) is 17.6 Å². The van der Waals surface area contributed by atoms with E-state index in [0.29, 0.717) is 24.7 Å². The second-order valence-corrected chi connectivity index (χ2v) is 7.62. The summed E-state index contributed by atoms with van der Waals surface area (Å²) in [5.41, 5.74) is 4.97. The van der Waals surface area contributed by atoms with Gasteiger partial charge in [0.25, 0.3) is 0 Å². The van der Waals surface area contributed by atoms with Gasteiger partial charge < -0.3 is 9.42 Å². The number of carbonyl (C=O) groups is 1. The molecule has 0 aliphatic carbocycles. The molecule has 0 bridgehead atoms. The van der Waals surface area contributed by atoms with Gasteiger partial charge in [-0.25, -0.2) is 0 Å². The minimum Gasteiger partial charge on any atom is -0.339 e. The first-order valence-electron chi connectivity index (χ1n) is 9.88. The van der Waals surface area contributed by atoms with Gasteiger partial charge in [0.15, 0.2) is 0 Å². The minimum atomic E-state index is -0.111. The number of benzene rings is 2. The molecule has 7 nitrogen and oxygen atoms in total. The maximum absolute atomic E-state index is 12.6. The van der Waals surface area contributed by atoms with E-state index in [0.717, 1.165) is 28.1 Å². The highest BCUT2D eigenvalue weighted by Gasteiger charge is 2.35. The smallest absolute Gasteiger partial charge is 0.232 e. The van der Waals surface area contributed by atoms with Crippen LogP contribution in [0.4, 0.5) is 5.69 Å². The lowest BCUT2D eigenvalue weighted by molar-refractivity contribution is -0.117. The molecule has 2 aromatic heterocycles. The monoisotopic (exact) mass is 399 g/mol. The van der Waals surface area contributed by atoms with Crippen molar-refractivity contribution in [2.24, 2.45) is 7.05 Å². The van der Waals surface area contributed by atoms with Crippen LogP contribution in [0.2, 0.25) is 0 Å². The Kier molecular flexibility index (Phi) is 4.43. The summed E-state index contributed by atoms with van der Waals surface area (Å²) >= 11 is 0. The molecule has 7 heteroatoms. The Morgan fingerprint density at radius 3 is 2.63 bits per heavy atom. The predicted molar refractivity (Wildman–Crippen MR) is 113 cm³/mol. The zero-order valence-electron chi connectivity index (χ0n) is 16.8. The van der Waals surface area contributed by atoms with E-state index in [-0.39, 0.29) is 11.8 Å². The van der Waals surface area contributed by atoms with Crippen molar-refractivity contribution in [2.45, 2.75) is 19.3 Å². The first kappa shape index (κ1) is 18.3. The van der Waals surface area contributed by atoms with Crippen molar-refractivity contribution in [3.63, 3.8) is 0 Å². The second kappa shape index (κ2) is 7.26. The molecule has 0 saturated carbocycles. The number of rotatable bonds is 4. The lowest BCUT2D eigenvalue weighted by Gasteiger charge is -2.16. The molecule has 5 rings (SSSR count). The topological polar surface area (TPSA) is 77.1 Å². The summed E-state index contributed by atoms with van der Waals surface area (Å²) in [6, 6.07) is 17.9. The average molecular weight is 399 g/mol. The summed E-state index contributed by atoms with van der Waals surface area (Å²) in [6.07, 6.45) is 2.13. The molecule has 1 fully saturated rings. The van der Waals surface area contributed by atoms with Gasteiger partial charge in [-0.2, -0.15) is 10.1 Å². The fourth-order valence-electron chi connectivity index (χ4n) is 3.84. The van der Waals surface area contributed by atoms with Crippen LogP contribution in [-0.4, -0.2) is 32.4 Å². The Bertz CT molecular complexity index is 1210. The summed E-state index contributed by atoms with van der Waals surface area (Å²) in [5.74, 6) is 0.983. The lowest BCUT2D eigenvalue weighted by atomic mass is 10.1. The molecule has 1 aliphatic rings. The van der Waals surface area contributed by atoms with E-state index in [1.807, 2.05) is 73.3 Å². The van der Waals surface area contributed by atoms with Crippen LogP contribution in [0.3, 0.4) is 0 Å². The van der Waals surface area contributed by atoms with Gasteiger partial charge in [0.1, 0.15) is 0 Å². The van der Waals surface area contributed by atoms with Crippen molar-refractivity contribution in [2.75, 3.05) is 11.4 Å². The van der Waals surface area contributed by atoms with E-state index in [1.165, 1.54) is 0 Å². The molecule has 0 unspecified atom stereocenters. The predicted octanol–water partition coefficient (Wildman–Crippen LogP) is 3.97. The maximum Gasteiger partial charge on any atom is 0.232 e. The van der Waals surface area contributed by atoms with E-state index >= 15 is 0 Å². The third-order valence-electron chi connectivity index (χ3n) is 5.50. The zero-order valence-corrected chi connectivity index (χ0v) is 16.8. The van der Waals surface area contributed by atoms with Crippen LogP contribution in [0.5, 0.6) is 0 Å². The molecule has 1 amide bonds. The summed E-state index contributed by atoms with van der Waals surface area (Å²) in [7, 11) is 1.91. The maximum atomic E-state index is 12.6. The average Bonchev–Trinajstić information content (AvgIpc) is 3.48.